The van der Waals surface area contributed by atoms with Gasteiger partial charge in [0.15, 0.2) is 6.29 Å². The number of carbonyl (C=O) groups is 1. The van der Waals surface area contributed by atoms with Gasteiger partial charge in [-0.1, -0.05) is 6.92 Å². The lowest BCUT2D eigenvalue weighted by molar-refractivity contribution is -0.457. The smallest absolute Gasteiger partial charge is 0.308 e. The predicted octanol–water partition coefficient (Wildman–Crippen LogP) is 1.97. The number of hydrogen-bond donors (Lipinski definition) is 0. The molecule has 1 aliphatic carbocycles. The van der Waals surface area contributed by atoms with Crippen LogP contribution in [0.1, 0.15) is 45.4 Å². The fourth-order valence-electron chi connectivity index (χ4n) is 4.44. The molecule has 4 heterocycles. The van der Waals surface area contributed by atoms with E-state index in [1.54, 1.807) is 0 Å². The lowest BCUT2D eigenvalue weighted by Gasteiger charge is -2.64. The molecule has 0 unspecified atom stereocenters. The molecule has 0 aromatic carbocycles. The number of ether oxygens (including phenoxy) is 3. The molecule has 5 fully saturated rings. The fourth-order valence-corrected chi connectivity index (χ4v) is 4.44. The molecule has 0 aromatic heterocycles. The Balaban J connectivity index is 1.87. The van der Waals surface area contributed by atoms with Gasteiger partial charge >= 0.3 is 5.97 Å². The van der Waals surface area contributed by atoms with Crippen LogP contribution < -0.4 is 0 Å². The Morgan fingerprint density at radius 2 is 2.24 bits per heavy atom. The van der Waals surface area contributed by atoms with Gasteiger partial charge < -0.3 is 14.2 Å². The van der Waals surface area contributed by atoms with Gasteiger partial charge in [-0.2, -0.15) is 0 Å². The lowest BCUT2D eigenvalue weighted by atomic mass is 9.57. The third kappa shape index (κ3) is 1.09. The fraction of sp³-hybridized carbons (Fsp3) is 0.923. The van der Waals surface area contributed by atoms with Crippen LogP contribution in [-0.4, -0.2) is 24.2 Å². The molecule has 0 radical (unpaired) electrons. The van der Waals surface area contributed by atoms with Crippen LogP contribution in [0.3, 0.4) is 0 Å². The predicted molar refractivity (Wildman–Crippen MR) is 57.9 cm³/mol. The van der Waals surface area contributed by atoms with Gasteiger partial charge in [0.05, 0.1) is 11.5 Å². The molecule has 0 spiro atoms. The summed E-state index contributed by atoms with van der Waals surface area (Å²) in [5.74, 6) is -0.274. The van der Waals surface area contributed by atoms with Gasteiger partial charge in [0.25, 0.3) is 0 Å². The maximum atomic E-state index is 11.8. The zero-order chi connectivity index (χ0) is 11.7. The minimum atomic E-state index is -0.685. The first kappa shape index (κ1) is 10.3. The summed E-state index contributed by atoms with van der Waals surface area (Å²) in [5.41, 5.74) is -0.133. The van der Waals surface area contributed by atoms with Crippen molar-refractivity contribution in [3.8, 4) is 0 Å². The Labute approximate surface area is 101 Å². The minimum absolute atomic E-state index is 0.0954. The van der Waals surface area contributed by atoms with Crippen LogP contribution in [0, 0.1) is 11.3 Å². The van der Waals surface area contributed by atoms with E-state index in [-0.39, 0.29) is 23.8 Å². The van der Waals surface area contributed by atoms with E-state index in [9.17, 15) is 4.79 Å². The molecule has 94 valence electrons. The van der Waals surface area contributed by atoms with Crippen molar-refractivity contribution < 1.29 is 19.0 Å². The number of hydrogen-bond acceptors (Lipinski definition) is 4. The number of carbonyl (C=O) groups excluding carboxylic acids is 1. The van der Waals surface area contributed by atoms with E-state index >= 15 is 0 Å². The van der Waals surface area contributed by atoms with Crippen molar-refractivity contribution in [3.63, 3.8) is 0 Å². The van der Waals surface area contributed by atoms with Crippen LogP contribution in [0.2, 0.25) is 0 Å². The topological polar surface area (TPSA) is 44.8 Å². The zero-order valence-corrected chi connectivity index (χ0v) is 10.1. The average molecular weight is 238 g/mol. The molecule has 5 aliphatic rings. The quantitative estimate of drug-likeness (QED) is 0.605. The van der Waals surface area contributed by atoms with Gasteiger partial charge in [0.2, 0.25) is 5.79 Å². The maximum absolute atomic E-state index is 11.8. The first-order valence-corrected chi connectivity index (χ1v) is 6.69. The SMILES string of the molecule is C[C@@]12[C@H]3CCC(=O)O[C@@]14CCC[C@@H]2O[C@@H](C3)O4. The molecule has 4 heteroatoms. The Morgan fingerprint density at radius 3 is 3.12 bits per heavy atom. The first-order chi connectivity index (χ1) is 8.14. The highest BCUT2D eigenvalue weighted by atomic mass is 16.8. The molecule has 4 aliphatic heterocycles. The second-order valence-corrected chi connectivity index (χ2v) is 6.05. The summed E-state index contributed by atoms with van der Waals surface area (Å²) < 4.78 is 17.7. The maximum Gasteiger partial charge on any atom is 0.308 e. The Kier molecular flexibility index (Phi) is 1.84. The Bertz CT molecular complexity index is 382. The van der Waals surface area contributed by atoms with Crippen molar-refractivity contribution in [1.82, 2.24) is 0 Å². The molecular weight excluding hydrogens is 220 g/mol. The van der Waals surface area contributed by atoms with Crippen LogP contribution >= 0.6 is 0 Å². The van der Waals surface area contributed by atoms with Gasteiger partial charge in [0, 0.05) is 19.3 Å². The first-order valence-electron chi connectivity index (χ1n) is 6.69. The lowest BCUT2D eigenvalue weighted by Crippen LogP contribution is -2.71. The van der Waals surface area contributed by atoms with Crippen LogP contribution in [-0.2, 0) is 19.0 Å². The standard InChI is InChI=1S/C13H18O4/c1-12-8-4-5-10(14)16-13(12)6-2-3-9(12)15-11(7-8)17-13/h8-9,11H,2-7H2,1H3/t8-,9-,11+,12-,13+/m0/s1. The largest absolute Gasteiger partial charge is 0.432 e. The van der Waals surface area contributed by atoms with E-state index in [1.165, 1.54) is 0 Å². The molecule has 1 saturated carbocycles. The summed E-state index contributed by atoms with van der Waals surface area (Å²) in [7, 11) is 0. The molecule has 5 rings (SSSR count). The van der Waals surface area contributed by atoms with Crippen LogP contribution in [0.15, 0.2) is 0 Å². The Hall–Kier alpha value is -0.610. The van der Waals surface area contributed by atoms with Crippen molar-refractivity contribution in [2.24, 2.45) is 11.3 Å². The highest BCUT2D eigenvalue weighted by molar-refractivity contribution is 5.70. The van der Waals surface area contributed by atoms with Crippen molar-refractivity contribution in [1.29, 1.82) is 0 Å². The second kappa shape index (κ2) is 3.04. The summed E-state index contributed by atoms with van der Waals surface area (Å²) in [6.07, 6.45) is 5.37. The summed E-state index contributed by atoms with van der Waals surface area (Å²) in [5, 5.41) is 0. The molecule has 5 bridgehead atoms. The number of rotatable bonds is 0. The molecule has 17 heavy (non-hydrogen) atoms. The minimum Gasteiger partial charge on any atom is -0.432 e. The molecule has 0 amide bonds. The van der Waals surface area contributed by atoms with Gasteiger partial charge in [-0.15, -0.1) is 0 Å². The van der Waals surface area contributed by atoms with Crippen molar-refractivity contribution in [2.45, 2.75) is 63.6 Å². The molecule has 4 saturated heterocycles. The van der Waals surface area contributed by atoms with E-state index in [2.05, 4.69) is 6.92 Å². The molecule has 5 atom stereocenters. The van der Waals surface area contributed by atoms with Gasteiger partial charge in [-0.05, 0) is 25.2 Å². The third-order valence-corrected chi connectivity index (χ3v) is 5.40. The molecule has 0 aromatic rings. The summed E-state index contributed by atoms with van der Waals surface area (Å²) in [6, 6.07) is 0. The van der Waals surface area contributed by atoms with Crippen molar-refractivity contribution in [3.05, 3.63) is 0 Å². The summed E-state index contributed by atoms with van der Waals surface area (Å²) in [6.45, 7) is 2.20. The molecular formula is C13H18O4. The zero-order valence-electron chi connectivity index (χ0n) is 10.1. The van der Waals surface area contributed by atoms with Crippen molar-refractivity contribution in [2.75, 3.05) is 0 Å². The van der Waals surface area contributed by atoms with E-state index in [0.717, 1.165) is 32.1 Å². The van der Waals surface area contributed by atoms with Crippen LogP contribution in [0.25, 0.3) is 0 Å². The highest BCUT2D eigenvalue weighted by Gasteiger charge is 2.70. The molecule has 0 N–H and O–H groups in total. The second-order valence-electron chi connectivity index (χ2n) is 6.05. The molecule has 4 nitrogen and oxygen atoms in total. The van der Waals surface area contributed by atoms with Crippen LogP contribution in [0.5, 0.6) is 0 Å². The van der Waals surface area contributed by atoms with Crippen LogP contribution in [0.4, 0.5) is 0 Å². The van der Waals surface area contributed by atoms with E-state index < -0.39 is 5.79 Å². The normalized spacial score (nSPS) is 56.3. The van der Waals surface area contributed by atoms with Gasteiger partial charge in [-0.25, -0.2) is 0 Å². The van der Waals surface area contributed by atoms with E-state index in [1.807, 2.05) is 0 Å². The van der Waals surface area contributed by atoms with E-state index in [4.69, 9.17) is 14.2 Å². The van der Waals surface area contributed by atoms with Gasteiger partial charge in [-0.3, -0.25) is 4.79 Å². The number of esters is 1. The average Bonchev–Trinajstić information content (AvgIpc) is 2.33. The Morgan fingerprint density at radius 1 is 1.35 bits per heavy atom. The summed E-state index contributed by atoms with van der Waals surface area (Å²) >= 11 is 0. The van der Waals surface area contributed by atoms with Gasteiger partial charge in [0.1, 0.15) is 0 Å². The monoisotopic (exact) mass is 238 g/mol. The third-order valence-electron chi connectivity index (χ3n) is 5.40. The van der Waals surface area contributed by atoms with Crippen molar-refractivity contribution >= 4 is 5.97 Å². The summed E-state index contributed by atoms with van der Waals surface area (Å²) in [4.78, 5) is 11.8. The van der Waals surface area contributed by atoms with E-state index in [0.29, 0.717) is 12.3 Å². The highest BCUT2D eigenvalue weighted by Crippen LogP contribution is 2.63.